The van der Waals surface area contributed by atoms with Crippen molar-refractivity contribution in [1.82, 2.24) is 10.6 Å². The van der Waals surface area contributed by atoms with Gasteiger partial charge in [-0.3, -0.25) is 10.1 Å². The molecule has 1 fully saturated rings. The van der Waals surface area contributed by atoms with Gasteiger partial charge in [0.15, 0.2) is 5.03 Å². The van der Waals surface area contributed by atoms with Crippen molar-refractivity contribution in [3.63, 3.8) is 0 Å². The highest BCUT2D eigenvalue weighted by Crippen LogP contribution is 2.18. The van der Waals surface area contributed by atoms with Crippen LogP contribution in [0.5, 0.6) is 0 Å². The molecular formula is C9H10N6O4. The molecule has 1 heterocycles. The fraction of sp³-hybridized carbons (Fsp3) is 0.222. The number of hydrogen-bond donors (Lipinski definition) is 2. The van der Waals surface area contributed by atoms with Crippen molar-refractivity contribution in [2.24, 2.45) is 5.10 Å². The molecule has 2 rings (SSSR count). The lowest BCUT2D eigenvalue weighted by atomic mass is 10.2. The molecule has 0 amide bonds. The number of nitrogens with one attached hydrogen (secondary N) is 2. The van der Waals surface area contributed by atoms with Gasteiger partial charge in [0.05, 0.1) is 18.3 Å². The molecule has 0 spiro atoms. The molecule has 1 aliphatic rings. The first kappa shape index (κ1) is 12.5. The van der Waals surface area contributed by atoms with E-state index in [1.54, 1.807) is 12.1 Å². The van der Waals surface area contributed by atoms with Gasteiger partial charge in [-0.15, -0.1) is 0 Å². The van der Waals surface area contributed by atoms with Crippen molar-refractivity contribution in [2.75, 3.05) is 18.2 Å². The Morgan fingerprint density at radius 3 is 2.16 bits per heavy atom. The largest absolute Gasteiger partial charge is 0.336 e. The zero-order valence-electron chi connectivity index (χ0n) is 9.65. The van der Waals surface area contributed by atoms with Gasteiger partial charge in [0.25, 0.3) is 11.6 Å². The van der Waals surface area contributed by atoms with Crippen molar-refractivity contribution in [3.8, 4) is 0 Å². The maximum Gasteiger partial charge on any atom is 0.271 e. The third-order valence-corrected chi connectivity index (χ3v) is 2.48. The van der Waals surface area contributed by atoms with Crippen molar-refractivity contribution in [1.29, 1.82) is 0 Å². The first-order chi connectivity index (χ1) is 9.06. The van der Waals surface area contributed by atoms with E-state index in [0.717, 1.165) is 5.69 Å². The number of nitro benzene ring substituents is 1. The molecular weight excluding hydrogens is 256 g/mol. The molecule has 0 saturated carbocycles. The lowest BCUT2D eigenvalue weighted by Gasteiger charge is -2.30. The molecule has 1 saturated heterocycles. The lowest BCUT2D eigenvalue weighted by Crippen LogP contribution is -2.55. The summed E-state index contributed by atoms with van der Waals surface area (Å²) in [5.74, 6) is 0.0863. The van der Waals surface area contributed by atoms with Gasteiger partial charge < -0.3 is 15.5 Å². The highest BCUT2D eigenvalue weighted by molar-refractivity contribution is 5.80. The van der Waals surface area contributed by atoms with Gasteiger partial charge in [-0.2, -0.15) is 0 Å². The van der Waals surface area contributed by atoms with Gasteiger partial charge in [-0.25, -0.2) is 10.1 Å². The summed E-state index contributed by atoms with van der Waals surface area (Å²) in [4.78, 5) is 22.0. The van der Waals surface area contributed by atoms with Crippen LogP contribution in [0.1, 0.15) is 0 Å². The summed E-state index contributed by atoms with van der Waals surface area (Å²) in [5, 5.41) is 28.5. The summed E-state index contributed by atoms with van der Waals surface area (Å²) >= 11 is 0. The maximum atomic E-state index is 10.5. The molecule has 1 aromatic carbocycles. The molecule has 10 heteroatoms. The summed E-state index contributed by atoms with van der Waals surface area (Å²) in [6.45, 7) is 0.634. The number of rotatable bonds is 3. The number of hydrogen-bond acceptors (Lipinski definition) is 5. The molecule has 0 unspecified atom stereocenters. The minimum atomic E-state index is -0.795. The molecule has 100 valence electrons. The first-order valence-electron chi connectivity index (χ1n) is 5.26. The average molecular weight is 266 g/mol. The third kappa shape index (κ3) is 3.06. The van der Waals surface area contributed by atoms with Crippen molar-refractivity contribution in [3.05, 3.63) is 44.5 Å². The Hall–Kier alpha value is -2.91. The van der Waals surface area contributed by atoms with E-state index in [-0.39, 0.29) is 11.6 Å². The number of hydrazone groups is 1. The van der Waals surface area contributed by atoms with E-state index in [2.05, 4.69) is 15.7 Å². The average Bonchev–Trinajstić information content (AvgIpc) is 2.39. The van der Waals surface area contributed by atoms with Crippen LogP contribution in [0.4, 0.5) is 11.4 Å². The Morgan fingerprint density at radius 1 is 1.11 bits per heavy atom. The van der Waals surface area contributed by atoms with Crippen LogP contribution in [0, 0.1) is 20.2 Å². The van der Waals surface area contributed by atoms with Gasteiger partial charge in [0.2, 0.25) is 0 Å². The van der Waals surface area contributed by atoms with Gasteiger partial charge in [-0.05, 0) is 12.1 Å². The second-order valence-corrected chi connectivity index (χ2v) is 3.67. The normalized spacial score (nSPS) is 14.3. The second-order valence-electron chi connectivity index (χ2n) is 3.67. The predicted octanol–water partition coefficient (Wildman–Crippen LogP) is 0.0567. The molecule has 2 N–H and O–H groups in total. The Labute approximate surface area is 107 Å². The molecule has 0 bridgehead atoms. The van der Waals surface area contributed by atoms with Crippen LogP contribution in [-0.2, 0) is 0 Å². The summed E-state index contributed by atoms with van der Waals surface area (Å²) in [5.41, 5.74) is 0.767. The number of nitrogens with zero attached hydrogens (tertiary/aromatic N) is 4. The molecule has 0 atom stereocenters. The van der Waals surface area contributed by atoms with Crippen LogP contribution >= 0.6 is 0 Å². The minimum absolute atomic E-state index is 0.0114. The highest BCUT2D eigenvalue weighted by Gasteiger charge is 2.16. The zero-order chi connectivity index (χ0) is 13.8. The van der Waals surface area contributed by atoms with E-state index < -0.39 is 9.96 Å². The molecule has 10 nitrogen and oxygen atoms in total. The van der Waals surface area contributed by atoms with Crippen molar-refractivity contribution < 1.29 is 9.96 Å². The van der Waals surface area contributed by atoms with Crippen LogP contribution in [0.2, 0.25) is 0 Å². The number of benzene rings is 1. The molecule has 1 aliphatic heterocycles. The summed E-state index contributed by atoms with van der Waals surface area (Å²) in [6, 6.07) is 6.01. The highest BCUT2D eigenvalue weighted by atomic mass is 16.7. The van der Waals surface area contributed by atoms with E-state index in [1.165, 1.54) is 12.1 Å². The fourth-order valence-electron chi connectivity index (χ4n) is 1.58. The van der Waals surface area contributed by atoms with Crippen LogP contribution in [0.25, 0.3) is 0 Å². The number of anilines is 1. The summed E-state index contributed by atoms with van der Waals surface area (Å²) < 4.78 is 0. The fourth-order valence-corrected chi connectivity index (χ4v) is 1.58. The quantitative estimate of drug-likeness (QED) is 0.584. The predicted molar refractivity (Wildman–Crippen MR) is 66.0 cm³/mol. The van der Waals surface area contributed by atoms with Gasteiger partial charge in [-0.1, -0.05) is 0 Å². The Morgan fingerprint density at radius 2 is 1.68 bits per heavy atom. The van der Waals surface area contributed by atoms with Crippen molar-refractivity contribution >= 4 is 17.3 Å². The molecule has 0 radical (unpaired) electrons. The van der Waals surface area contributed by atoms with E-state index in [0.29, 0.717) is 13.3 Å². The SMILES string of the molecule is O=[N+]([O-])N=C1NCN(c2ccc([N+](=O)[O-])cc2)CN1. The van der Waals surface area contributed by atoms with E-state index in [1.807, 2.05) is 4.90 Å². The van der Waals surface area contributed by atoms with E-state index in [4.69, 9.17) is 0 Å². The molecule has 1 aromatic rings. The second kappa shape index (κ2) is 5.16. The van der Waals surface area contributed by atoms with E-state index in [9.17, 15) is 20.2 Å². The van der Waals surface area contributed by atoms with Gasteiger partial charge in [0, 0.05) is 17.8 Å². The Balaban J connectivity index is 2.01. The third-order valence-electron chi connectivity index (χ3n) is 2.48. The Bertz CT molecular complexity index is 518. The monoisotopic (exact) mass is 266 g/mol. The van der Waals surface area contributed by atoms with Crippen molar-refractivity contribution in [2.45, 2.75) is 0 Å². The van der Waals surface area contributed by atoms with Crippen LogP contribution in [0.15, 0.2) is 29.4 Å². The Kier molecular flexibility index (Phi) is 3.41. The molecule has 0 aliphatic carbocycles. The van der Waals surface area contributed by atoms with Crippen LogP contribution < -0.4 is 15.5 Å². The van der Waals surface area contributed by atoms with Crippen LogP contribution in [0.3, 0.4) is 0 Å². The lowest BCUT2D eigenvalue weighted by molar-refractivity contribution is -0.485. The van der Waals surface area contributed by atoms with Gasteiger partial charge >= 0.3 is 0 Å². The number of non-ortho nitro benzene ring substituents is 1. The first-order valence-corrected chi connectivity index (χ1v) is 5.26. The topological polar surface area (TPSA) is 126 Å². The summed E-state index contributed by atoms with van der Waals surface area (Å²) in [6.07, 6.45) is 0. The molecule has 0 aromatic heterocycles. The minimum Gasteiger partial charge on any atom is -0.336 e. The standard InChI is InChI=1S/C9H10N6O4/c16-14(17)8-3-1-7(2-4-8)13-5-10-9(11-6-13)12-15(18)19/h1-4H,5-6H2,(H2,10,11,12). The van der Waals surface area contributed by atoms with E-state index >= 15 is 0 Å². The van der Waals surface area contributed by atoms with Gasteiger partial charge in [0.1, 0.15) is 5.10 Å². The maximum absolute atomic E-state index is 10.5. The van der Waals surface area contributed by atoms with Crippen LogP contribution in [-0.4, -0.2) is 29.3 Å². The number of guanidine groups is 1. The smallest absolute Gasteiger partial charge is 0.271 e. The molecule has 19 heavy (non-hydrogen) atoms. The zero-order valence-corrected chi connectivity index (χ0v) is 9.65. The summed E-state index contributed by atoms with van der Waals surface area (Å²) in [7, 11) is 0. The number of nitro groups is 2.